The van der Waals surface area contributed by atoms with Gasteiger partial charge in [0.25, 0.3) is 0 Å². The topological polar surface area (TPSA) is 49.7 Å². The molecule has 0 aliphatic carbocycles. The molecule has 0 unspecified atom stereocenters. The Hall–Kier alpha value is -2.91. The second-order valence-corrected chi connectivity index (χ2v) is 16.5. The third kappa shape index (κ3) is 7.30. The van der Waals surface area contributed by atoms with Crippen molar-refractivity contribution in [3.63, 3.8) is 0 Å². The SMILES string of the molecule is CCc1cc(CC)cc(P(C(C)(C)C)C(C)(C)C)c1.OB(O)Oc1cccc2ccc3cc4ccccc4cc3c12. The molecule has 0 radical (unpaired) electrons. The van der Waals surface area contributed by atoms with E-state index in [2.05, 4.69) is 104 Å². The lowest BCUT2D eigenvalue weighted by atomic mass is 9.97. The minimum absolute atomic E-state index is 0.182. The molecule has 0 amide bonds. The number of hydrogen-bond donors (Lipinski definition) is 2. The van der Waals surface area contributed by atoms with E-state index in [1.165, 1.54) is 16.5 Å². The molecule has 5 aromatic rings. The Labute approximate surface area is 247 Å². The van der Waals surface area contributed by atoms with Crippen molar-refractivity contribution < 1.29 is 14.7 Å². The van der Waals surface area contributed by atoms with Crippen LogP contribution in [-0.2, 0) is 12.8 Å². The first kappa shape index (κ1) is 31.0. The van der Waals surface area contributed by atoms with Gasteiger partial charge in [-0.3, -0.25) is 0 Å². The van der Waals surface area contributed by atoms with Crippen LogP contribution in [0.4, 0.5) is 0 Å². The minimum atomic E-state index is -1.83. The van der Waals surface area contributed by atoms with Crippen LogP contribution in [0.2, 0.25) is 0 Å². The Kier molecular flexibility index (Phi) is 9.49. The van der Waals surface area contributed by atoms with Crippen LogP contribution in [0.15, 0.2) is 84.9 Å². The van der Waals surface area contributed by atoms with Gasteiger partial charge in [0.1, 0.15) is 5.75 Å². The lowest BCUT2D eigenvalue weighted by molar-refractivity contribution is 0.289. The molecule has 41 heavy (non-hydrogen) atoms. The van der Waals surface area contributed by atoms with E-state index in [0.29, 0.717) is 16.1 Å². The molecule has 3 nitrogen and oxygen atoms in total. The molecule has 5 rings (SSSR count). The average molecular weight is 567 g/mol. The van der Waals surface area contributed by atoms with E-state index in [-0.39, 0.29) is 7.92 Å². The highest BCUT2D eigenvalue weighted by Crippen LogP contribution is 2.58. The molecular weight excluding hydrogens is 522 g/mol. The molecule has 5 aromatic carbocycles. The largest absolute Gasteiger partial charge is 0.707 e. The molecule has 0 atom stereocenters. The zero-order valence-electron chi connectivity index (χ0n) is 25.8. The van der Waals surface area contributed by atoms with E-state index in [1.54, 1.807) is 11.4 Å². The summed E-state index contributed by atoms with van der Waals surface area (Å²) in [6.07, 6.45) is 2.27. The first-order chi connectivity index (χ1) is 19.3. The van der Waals surface area contributed by atoms with E-state index in [4.69, 9.17) is 14.7 Å². The predicted octanol–water partition coefficient (Wildman–Crippen LogP) is 9.01. The van der Waals surface area contributed by atoms with Gasteiger partial charge in [-0.05, 0) is 84.7 Å². The van der Waals surface area contributed by atoms with Gasteiger partial charge in [0.15, 0.2) is 0 Å². The third-order valence-electron chi connectivity index (χ3n) is 7.37. The van der Waals surface area contributed by atoms with Crippen molar-refractivity contribution in [3.05, 3.63) is 96.1 Å². The van der Waals surface area contributed by atoms with E-state index >= 15 is 0 Å². The lowest BCUT2D eigenvalue weighted by Gasteiger charge is -2.42. The van der Waals surface area contributed by atoms with Gasteiger partial charge in [0.2, 0.25) is 0 Å². The summed E-state index contributed by atoms with van der Waals surface area (Å²) in [6, 6.07) is 29.4. The number of rotatable bonds is 5. The molecule has 0 heterocycles. The van der Waals surface area contributed by atoms with Crippen molar-refractivity contribution in [1.82, 2.24) is 0 Å². The molecule has 2 N–H and O–H groups in total. The molecule has 0 saturated heterocycles. The minimum Gasteiger partial charge on any atom is -0.511 e. The highest BCUT2D eigenvalue weighted by Gasteiger charge is 2.35. The molecule has 0 aliphatic rings. The number of aryl methyl sites for hydroxylation is 2. The highest BCUT2D eigenvalue weighted by atomic mass is 31.1. The van der Waals surface area contributed by atoms with Crippen LogP contribution in [0.3, 0.4) is 0 Å². The molecule has 0 bridgehead atoms. The van der Waals surface area contributed by atoms with Gasteiger partial charge in [-0.25, -0.2) is 0 Å². The summed E-state index contributed by atoms with van der Waals surface area (Å²) in [5, 5.41) is 26.9. The first-order valence-corrected chi connectivity index (χ1v) is 16.0. The van der Waals surface area contributed by atoms with Crippen LogP contribution in [-0.4, -0.2) is 27.7 Å². The molecule has 0 aromatic heterocycles. The maximum absolute atomic E-state index is 9.14. The van der Waals surface area contributed by atoms with Crippen molar-refractivity contribution in [2.75, 3.05) is 0 Å². The Morgan fingerprint density at radius 2 is 1.17 bits per heavy atom. The summed E-state index contributed by atoms with van der Waals surface area (Å²) < 4.78 is 5.16. The number of hydrogen-bond acceptors (Lipinski definition) is 3. The summed E-state index contributed by atoms with van der Waals surface area (Å²) in [6.45, 7) is 18.9. The average Bonchev–Trinajstić information content (AvgIpc) is 2.90. The summed E-state index contributed by atoms with van der Waals surface area (Å²) in [5.74, 6) is 0.466. The van der Waals surface area contributed by atoms with Crippen LogP contribution in [0, 0.1) is 0 Å². The van der Waals surface area contributed by atoms with Crippen LogP contribution in [0.25, 0.3) is 32.3 Å². The Morgan fingerprint density at radius 3 is 1.71 bits per heavy atom. The smallest absolute Gasteiger partial charge is 0.511 e. The lowest BCUT2D eigenvalue weighted by Crippen LogP contribution is -2.31. The summed E-state index contributed by atoms with van der Waals surface area (Å²) in [5.41, 5.74) is 2.99. The maximum Gasteiger partial charge on any atom is 0.707 e. The molecule has 0 spiro atoms. The van der Waals surface area contributed by atoms with Crippen molar-refractivity contribution in [3.8, 4) is 5.75 Å². The Balaban J connectivity index is 0.000000192. The fourth-order valence-electron chi connectivity index (χ4n) is 6.04. The standard InChI is InChI=1S/C18H13BO3.C18H31P/c20-19(21)22-17-7-3-6-12-8-9-15-10-13-4-1-2-5-14(13)11-16(15)18(12)17;1-9-14-11-15(10-2)13-16(12-14)19(17(3,4)5)18(6,7)8/h1-11,20-21H;11-13H,9-10H2,1-8H3. The van der Waals surface area contributed by atoms with E-state index < -0.39 is 7.32 Å². The van der Waals surface area contributed by atoms with Gasteiger partial charge in [-0.1, -0.05) is 130 Å². The zero-order valence-corrected chi connectivity index (χ0v) is 26.7. The summed E-state index contributed by atoms with van der Waals surface area (Å²) in [7, 11) is -2.01. The summed E-state index contributed by atoms with van der Waals surface area (Å²) >= 11 is 0. The monoisotopic (exact) mass is 566 g/mol. The molecule has 0 fully saturated rings. The van der Waals surface area contributed by atoms with Crippen LogP contribution in [0.1, 0.15) is 66.5 Å². The van der Waals surface area contributed by atoms with Gasteiger partial charge in [0, 0.05) is 5.39 Å². The maximum atomic E-state index is 9.14. The fourth-order valence-corrected chi connectivity index (χ4v) is 10.2. The summed E-state index contributed by atoms with van der Waals surface area (Å²) in [4.78, 5) is 0. The number of fused-ring (bicyclic) bond motifs is 4. The van der Waals surface area contributed by atoms with Gasteiger partial charge in [0.05, 0.1) is 0 Å². The molecule has 5 heteroatoms. The van der Waals surface area contributed by atoms with Crippen molar-refractivity contribution in [2.45, 2.75) is 78.5 Å². The molecule has 0 saturated carbocycles. The second kappa shape index (κ2) is 12.5. The van der Waals surface area contributed by atoms with Crippen LogP contribution in [0.5, 0.6) is 5.75 Å². The van der Waals surface area contributed by atoms with Crippen molar-refractivity contribution >= 4 is 52.9 Å². The van der Waals surface area contributed by atoms with Gasteiger partial charge < -0.3 is 14.7 Å². The second-order valence-electron chi connectivity index (χ2n) is 12.7. The van der Waals surface area contributed by atoms with E-state index in [9.17, 15) is 0 Å². The van der Waals surface area contributed by atoms with Crippen LogP contribution >= 0.6 is 7.92 Å². The van der Waals surface area contributed by atoms with Crippen LogP contribution < -0.4 is 9.96 Å². The van der Waals surface area contributed by atoms with E-state index in [1.807, 2.05) is 30.3 Å². The quantitative estimate of drug-likeness (QED) is 0.0966. The Morgan fingerprint density at radius 1 is 0.634 bits per heavy atom. The number of benzene rings is 5. The zero-order chi connectivity index (χ0) is 29.9. The van der Waals surface area contributed by atoms with Gasteiger partial charge in [-0.15, -0.1) is 0 Å². The predicted molar refractivity (Wildman–Crippen MR) is 181 cm³/mol. The normalized spacial score (nSPS) is 12.1. The van der Waals surface area contributed by atoms with Gasteiger partial charge in [-0.2, -0.15) is 0 Å². The van der Waals surface area contributed by atoms with Crippen molar-refractivity contribution in [2.24, 2.45) is 0 Å². The molecule has 0 aliphatic heterocycles. The van der Waals surface area contributed by atoms with Crippen molar-refractivity contribution in [1.29, 1.82) is 0 Å². The molecular formula is C36H44BO3P. The highest BCUT2D eigenvalue weighted by molar-refractivity contribution is 7.68. The van der Waals surface area contributed by atoms with E-state index in [0.717, 1.165) is 39.8 Å². The fraction of sp³-hybridized carbons (Fsp3) is 0.333. The third-order valence-corrected chi connectivity index (χ3v) is 10.8. The van der Waals surface area contributed by atoms with Gasteiger partial charge >= 0.3 is 7.32 Å². The first-order valence-electron chi connectivity index (χ1n) is 14.6. The molecule has 214 valence electrons. The Bertz CT molecular complexity index is 1610.